The van der Waals surface area contributed by atoms with Crippen molar-refractivity contribution in [2.45, 2.75) is 32.2 Å². The van der Waals surface area contributed by atoms with E-state index in [9.17, 15) is 9.18 Å². The molecule has 0 radical (unpaired) electrons. The number of Topliss-reactive ketones (excluding diaryl/α,β-unsaturated/α-hetero) is 1. The van der Waals surface area contributed by atoms with Crippen LogP contribution in [-0.2, 0) is 6.42 Å². The zero-order chi connectivity index (χ0) is 14.4. The maximum absolute atomic E-state index is 13.9. The van der Waals surface area contributed by atoms with Gasteiger partial charge < -0.3 is 10.6 Å². The molecule has 19 heavy (non-hydrogen) atoms. The van der Waals surface area contributed by atoms with Crippen molar-refractivity contribution in [1.29, 1.82) is 0 Å². The first-order chi connectivity index (χ1) is 8.99. The van der Waals surface area contributed by atoms with Gasteiger partial charge in [-0.25, -0.2) is 4.39 Å². The van der Waals surface area contributed by atoms with Gasteiger partial charge >= 0.3 is 0 Å². The predicted octanol–water partition coefficient (Wildman–Crippen LogP) is 2.24. The highest BCUT2D eigenvalue weighted by Gasteiger charge is 2.14. The Hall–Kier alpha value is -1.26. The summed E-state index contributed by atoms with van der Waals surface area (Å²) in [5.41, 5.74) is 6.75. The lowest BCUT2D eigenvalue weighted by molar-refractivity contribution is 0.0978. The zero-order valence-corrected chi connectivity index (χ0v) is 11.9. The van der Waals surface area contributed by atoms with Crippen LogP contribution in [0.5, 0.6) is 0 Å². The Labute approximate surface area is 114 Å². The van der Waals surface area contributed by atoms with E-state index in [-0.39, 0.29) is 17.4 Å². The summed E-state index contributed by atoms with van der Waals surface area (Å²) in [5, 5.41) is 0. The minimum absolute atomic E-state index is 0.130. The smallest absolute Gasteiger partial charge is 0.165 e. The third-order valence-electron chi connectivity index (χ3n) is 3.28. The molecule has 0 saturated heterocycles. The van der Waals surface area contributed by atoms with Gasteiger partial charge in [0.2, 0.25) is 0 Å². The van der Waals surface area contributed by atoms with Crippen molar-refractivity contribution >= 4 is 5.78 Å². The molecule has 3 nitrogen and oxygen atoms in total. The van der Waals surface area contributed by atoms with Gasteiger partial charge in [-0.05, 0) is 44.6 Å². The van der Waals surface area contributed by atoms with Crippen molar-refractivity contribution in [2.75, 3.05) is 20.6 Å². The second kappa shape index (κ2) is 7.36. The van der Waals surface area contributed by atoms with Crippen molar-refractivity contribution in [3.05, 3.63) is 35.1 Å². The Morgan fingerprint density at radius 3 is 2.58 bits per heavy atom. The van der Waals surface area contributed by atoms with Crippen LogP contribution in [0.1, 0.15) is 35.7 Å². The molecule has 1 aromatic carbocycles. The maximum atomic E-state index is 13.9. The molecular weight excluding hydrogens is 243 g/mol. The molecule has 1 aromatic rings. The molecule has 0 aliphatic carbocycles. The lowest BCUT2D eigenvalue weighted by Crippen LogP contribution is -2.36. The summed E-state index contributed by atoms with van der Waals surface area (Å²) in [6.07, 6.45) is 1.80. The first-order valence-electron chi connectivity index (χ1n) is 6.67. The van der Waals surface area contributed by atoms with Crippen molar-refractivity contribution in [1.82, 2.24) is 4.90 Å². The Bertz CT molecular complexity index is 432. The number of carbonyl (C=O) groups excluding carboxylic acids is 1. The predicted molar refractivity (Wildman–Crippen MR) is 75.9 cm³/mol. The second-order valence-corrected chi connectivity index (χ2v) is 5.04. The number of hydrogen-bond donors (Lipinski definition) is 1. The van der Waals surface area contributed by atoms with Gasteiger partial charge in [-0.1, -0.05) is 13.0 Å². The molecule has 1 atom stereocenters. The van der Waals surface area contributed by atoms with Crippen molar-refractivity contribution in [3.63, 3.8) is 0 Å². The van der Waals surface area contributed by atoms with Crippen LogP contribution in [0.25, 0.3) is 0 Å². The lowest BCUT2D eigenvalue weighted by Gasteiger charge is -2.22. The summed E-state index contributed by atoms with van der Waals surface area (Å²) < 4.78 is 13.9. The van der Waals surface area contributed by atoms with Crippen LogP contribution in [-0.4, -0.2) is 37.4 Å². The average molecular weight is 266 g/mol. The Morgan fingerprint density at radius 1 is 1.42 bits per heavy atom. The SMILES string of the molecule is CCCC(=O)c1ccc(C[C@@H](CN)N(C)C)cc1F. The van der Waals surface area contributed by atoms with Crippen molar-refractivity contribution in [2.24, 2.45) is 5.73 Å². The molecular formula is C15H23FN2O. The molecule has 0 fully saturated rings. The van der Waals surface area contributed by atoms with Gasteiger partial charge in [0.1, 0.15) is 5.82 Å². The number of nitrogens with two attached hydrogens (primary N) is 1. The number of nitrogens with zero attached hydrogens (tertiary/aromatic N) is 1. The molecule has 0 aliphatic rings. The lowest BCUT2D eigenvalue weighted by atomic mass is 10.00. The van der Waals surface area contributed by atoms with E-state index in [2.05, 4.69) is 0 Å². The van der Waals surface area contributed by atoms with Gasteiger partial charge in [0, 0.05) is 19.0 Å². The number of hydrogen-bond acceptors (Lipinski definition) is 3. The number of benzene rings is 1. The molecule has 0 amide bonds. The Morgan fingerprint density at radius 2 is 2.11 bits per heavy atom. The number of rotatable bonds is 7. The van der Waals surface area contributed by atoms with Gasteiger partial charge in [0.25, 0.3) is 0 Å². The number of ketones is 1. The highest BCUT2D eigenvalue weighted by Crippen LogP contribution is 2.15. The average Bonchev–Trinajstić information content (AvgIpc) is 2.35. The largest absolute Gasteiger partial charge is 0.329 e. The maximum Gasteiger partial charge on any atom is 0.165 e. The van der Waals surface area contributed by atoms with Gasteiger partial charge in [0.05, 0.1) is 5.56 Å². The highest BCUT2D eigenvalue weighted by molar-refractivity contribution is 5.96. The third kappa shape index (κ3) is 4.40. The van der Waals surface area contributed by atoms with E-state index < -0.39 is 5.82 Å². The topological polar surface area (TPSA) is 46.3 Å². The fourth-order valence-electron chi connectivity index (χ4n) is 2.02. The van der Waals surface area contributed by atoms with Crippen LogP contribution in [0.2, 0.25) is 0 Å². The van der Waals surface area contributed by atoms with E-state index in [0.717, 1.165) is 12.0 Å². The summed E-state index contributed by atoms with van der Waals surface area (Å²) in [5.74, 6) is -0.556. The summed E-state index contributed by atoms with van der Waals surface area (Å²) >= 11 is 0. The van der Waals surface area contributed by atoms with Crippen LogP contribution in [0, 0.1) is 5.82 Å². The highest BCUT2D eigenvalue weighted by atomic mass is 19.1. The van der Waals surface area contributed by atoms with Crippen molar-refractivity contribution < 1.29 is 9.18 Å². The zero-order valence-electron chi connectivity index (χ0n) is 11.9. The van der Waals surface area contributed by atoms with E-state index in [4.69, 9.17) is 5.73 Å². The quantitative estimate of drug-likeness (QED) is 0.770. The van der Waals surface area contributed by atoms with Crippen molar-refractivity contribution in [3.8, 4) is 0 Å². The molecule has 106 valence electrons. The molecule has 0 unspecified atom stereocenters. The molecule has 4 heteroatoms. The first kappa shape index (κ1) is 15.8. The monoisotopic (exact) mass is 266 g/mol. The Kier molecular flexibility index (Phi) is 6.12. The Balaban J connectivity index is 2.84. The number of likely N-dealkylation sites (N-methyl/N-ethyl adjacent to an activating group) is 1. The van der Waals surface area contributed by atoms with Crippen LogP contribution >= 0.6 is 0 Å². The van der Waals surface area contributed by atoms with Gasteiger partial charge in [-0.2, -0.15) is 0 Å². The normalized spacial score (nSPS) is 12.7. The molecule has 0 heterocycles. The molecule has 0 aromatic heterocycles. The van der Waals surface area contributed by atoms with Crippen LogP contribution in [0.3, 0.4) is 0 Å². The van der Waals surface area contributed by atoms with Gasteiger partial charge in [0.15, 0.2) is 5.78 Å². The molecule has 2 N–H and O–H groups in total. The van der Waals surface area contributed by atoms with E-state index in [1.165, 1.54) is 6.07 Å². The molecule has 0 bridgehead atoms. The van der Waals surface area contributed by atoms with E-state index in [1.54, 1.807) is 6.07 Å². The fourth-order valence-corrected chi connectivity index (χ4v) is 2.02. The van der Waals surface area contributed by atoms with Gasteiger partial charge in [-0.15, -0.1) is 0 Å². The van der Waals surface area contributed by atoms with Crippen LogP contribution < -0.4 is 5.73 Å². The van der Waals surface area contributed by atoms with E-state index in [1.807, 2.05) is 32.0 Å². The molecule has 0 spiro atoms. The second-order valence-electron chi connectivity index (χ2n) is 5.04. The minimum atomic E-state index is -0.425. The summed E-state index contributed by atoms with van der Waals surface area (Å²) in [6.45, 7) is 2.43. The minimum Gasteiger partial charge on any atom is -0.329 e. The van der Waals surface area contributed by atoms with Crippen LogP contribution in [0.15, 0.2) is 18.2 Å². The van der Waals surface area contributed by atoms with Crippen LogP contribution in [0.4, 0.5) is 4.39 Å². The standard InChI is InChI=1S/C15H23FN2O/c1-4-5-15(19)13-7-6-11(9-14(13)16)8-12(10-17)18(2)3/h6-7,9,12H,4-5,8,10,17H2,1-3H3/t12-/m0/s1. The van der Waals surface area contributed by atoms with E-state index in [0.29, 0.717) is 19.4 Å². The third-order valence-corrected chi connectivity index (χ3v) is 3.28. The summed E-state index contributed by atoms with van der Waals surface area (Å²) in [4.78, 5) is 13.7. The molecule has 1 rings (SSSR count). The first-order valence-corrected chi connectivity index (χ1v) is 6.67. The molecule has 0 saturated carbocycles. The fraction of sp³-hybridized carbons (Fsp3) is 0.533. The molecule has 0 aliphatic heterocycles. The summed E-state index contributed by atoms with van der Waals surface area (Å²) in [6, 6.07) is 5.04. The van der Waals surface area contributed by atoms with Gasteiger partial charge in [-0.3, -0.25) is 4.79 Å². The summed E-state index contributed by atoms with van der Waals surface area (Å²) in [7, 11) is 3.90. The van der Waals surface area contributed by atoms with E-state index >= 15 is 0 Å². The number of halogens is 1. The number of carbonyl (C=O) groups is 1.